The van der Waals surface area contributed by atoms with Crippen molar-refractivity contribution in [1.29, 1.82) is 0 Å². The SMILES string of the molecule is CCC(C)NCC(C)Oc1cccc(N(C)C)c1. The zero-order valence-corrected chi connectivity index (χ0v) is 12.2. The van der Waals surface area contributed by atoms with Crippen LogP contribution in [0.1, 0.15) is 27.2 Å². The fourth-order valence-corrected chi connectivity index (χ4v) is 1.62. The highest BCUT2D eigenvalue weighted by Crippen LogP contribution is 2.20. The molecule has 0 aliphatic rings. The van der Waals surface area contributed by atoms with Crippen molar-refractivity contribution in [1.82, 2.24) is 5.32 Å². The van der Waals surface area contributed by atoms with Gasteiger partial charge in [0.25, 0.3) is 0 Å². The summed E-state index contributed by atoms with van der Waals surface area (Å²) in [5.74, 6) is 0.930. The third-order valence-corrected chi connectivity index (χ3v) is 3.04. The average molecular weight is 250 g/mol. The van der Waals surface area contributed by atoms with Gasteiger partial charge in [0.15, 0.2) is 0 Å². The first-order valence-corrected chi connectivity index (χ1v) is 6.70. The molecule has 102 valence electrons. The van der Waals surface area contributed by atoms with Gasteiger partial charge in [-0.1, -0.05) is 13.0 Å². The van der Waals surface area contributed by atoms with Crippen LogP contribution in [0.4, 0.5) is 5.69 Å². The Morgan fingerprint density at radius 3 is 2.61 bits per heavy atom. The summed E-state index contributed by atoms with van der Waals surface area (Å²) in [5, 5.41) is 3.45. The Morgan fingerprint density at radius 1 is 1.28 bits per heavy atom. The monoisotopic (exact) mass is 250 g/mol. The Labute approximate surface area is 111 Å². The van der Waals surface area contributed by atoms with Gasteiger partial charge in [0.05, 0.1) is 0 Å². The summed E-state index contributed by atoms with van der Waals surface area (Å²) in [6, 6.07) is 8.73. The zero-order chi connectivity index (χ0) is 13.5. The fraction of sp³-hybridized carbons (Fsp3) is 0.600. The molecule has 0 aliphatic carbocycles. The number of ether oxygens (including phenoxy) is 1. The zero-order valence-electron chi connectivity index (χ0n) is 12.2. The Kier molecular flexibility index (Phi) is 5.99. The van der Waals surface area contributed by atoms with Crippen LogP contribution in [-0.2, 0) is 0 Å². The summed E-state index contributed by atoms with van der Waals surface area (Å²) in [6.07, 6.45) is 1.32. The van der Waals surface area contributed by atoms with E-state index in [9.17, 15) is 0 Å². The van der Waals surface area contributed by atoms with Crippen molar-refractivity contribution in [3.63, 3.8) is 0 Å². The van der Waals surface area contributed by atoms with Crippen LogP contribution in [0.3, 0.4) is 0 Å². The first-order valence-electron chi connectivity index (χ1n) is 6.70. The average Bonchev–Trinajstić information content (AvgIpc) is 2.36. The predicted octanol–water partition coefficient (Wildman–Crippen LogP) is 2.91. The van der Waals surface area contributed by atoms with Gasteiger partial charge in [-0.15, -0.1) is 0 Å². The van der Waals surface area contributed by atoms with Crippen molar-refractivity contribution >= 4 is 5.69 Å². The third-order valence-electron chi connectivity index (χ3n) is 3.04. The first-order chi connectivity index (χ1) is 8.52. The topological polar surface area (TPSA) is 24.5 Å². The summed E-state index contributed by atoms with van der Waals surface area (Å²) in [6.45, 7) is 7.35. The molecule has 3 nitrogen and oxygen atoms in total. The maximum absolute atomic E-state index is 5.91. The van der Waals surface area contributed by atoms with Gasteiger partial charge in [0.2, 0.25) is 0 Å². The molecule has 2 unspecified atom stereocenters. The van der Waals surface area contributed by atoms with E-state index in [1.54, 1.807) is 0 Å². The van der Waals surface area contributed by atoms with E-state index in [1.807, 2.05) is 26.2 Å². The lowest BCUT2D eigenvalue weighted by Gasteiger charge is -2.19. The molecular weight excluding hydrogens is 224 g/mol. The van der Waals surface area contributed by atoms with Crippen LogP contribution < -0.4 is 15.0 Å². The lowest BCUT2D eigenvalue weighted by atomic mass is 10.2. The van der Waals surface area contributed by atoms with Crippen molar-refractivity contribution in [2.75, 3.05) is 25.5 Å². The summed E-state index contributed by atoms with van der Waals surface area (Å²) < 4.78 is 5.91. The molecule has 1 aromatic carbocycles. The van der Waals surface area contributed by atoms with Crippen molar-refractivity contribution < 1.29 is 4.74 Å². The molecule has 18 heavy (non-hydrogen) atoms. The second-order valence-corrected chi connectivity index (χ2v) is 5.04. The number of anilines is 1. The number of benzene rings is 1. The van der Waals surface area contributed by atoms with Gasteiger partial charge in [-0.2, -0.15) is 0 Å². The van der Waals surface area contributed by atoms with Crippen molar-refractivity contribution in [3.05, 3.63) is 24.3 Å². The van der Waals surface area contributed by atoms with Crippen LogP contribution >= 0.6 is 0 Å². The van der Waals surface area contributed by atoms with Crippen LogP contribution in [0.25, 0.3) is 0 Å². The van der Waals surface area contributed by atoms with Crippen LogP contribution in [0.5, 0.6) is 5.75 Å². The largest absolute Gasteiger partial charge is 0.489 e. The highest BCUT2D eigenvalue weighted by atomic mass is 16.5. The van der Waals surface area contributed by atoms with E-state index >= 15 is 0 Å². The summed E-state index contributed by atoms with van der Waals surface area (Å²) in [5.41, 5.74) is 1.16. The highest BCUT2D eigenvalue weighted by Gasteiger charge is 2.06. The lowest BCUT2D eigenvalue weighted by molar-refractivity contribution is 0.212. The predicted molar refractivity (Wildman–Crippen MR) is 78.6 cm³/mol. The molecule has 0 heterocycles. The van der Waals surface area contributed by atoms with Crippen LogP contribution in [0.15, 0.2) is 24.3 Å². The van der Waals surface area contributed by atoms with E-state index in [-0.39, 0.29) is 6.10 Å². The van der Waals surface area contributed by atoms with Crippen molar-refractivity contribution in [2.24, 2.45) is 0 Å². The maximum atomic E-state index is 5.91. The molecule has 0 radical (unpaired) electrons. The Balaban J connectivity index is 2.48. The molecule has 0 aromatic heterocycles. The van der Waals surface area contributed by atoms with Gasteiger partial charge in [-0.3, -0.25) is 0 Å². The van der Waals surface area contributed by atoms with Gasteiger partial charge < -0.3 is 15.0 Å². The Morgan fingerprint density at radius 2 is 2.00 bits per heavy atom. The van der Waals surface area contributed by atoms with E-state index in [4.69, 9.17) is 4.74 Å². The molecule has 0 saturated heterocycles. The molecule has 0 saturated carbocycles. The van der Waals surface area contributed by atoms with Gasteiger partial charge in [0.1, 0.15) is 11.9 Å². The summed E-state index contributed by atoms with van der Waals surface area (Å²) in [4.78, 5) is 2.08. The third kappa shape index (κ3) is 4.96. The molecule has 1 aromatic rings. The molecule has 0 bridgehead atoms. The molecular formula is C15H26N2O. The van der Waals surface area contributed by atoms with Crippen molar-refractivity contribution in [3.8, 4) is 5.75 Å². The fourth-order valence-electron chi connectivity index (χ4n) is 1.62. The molecule has 0 amide bonds. The minimum atomic E-state index is 0.177. The van der Waals surface area contributed by atoms with E-state index in [0.29, 0.717) is 6.04 Å². The van der Waals surface area contributed by atoms with Crippen molar-refractivity contribution in [2.45, 2.75) is 39.3 Å². The molecule has 2 atom stereocenters. The second kappa shape index (κ2) is 7.27. The van der Waals surface area contributed by atoms with Gasteiger partial charge >= 0.3 is 0 Å². The number of nitrogens with one attached hydrogen (secondary N) is 1. The van der Waals surface area contributed by atoms with E-state index in [2.05, 4.69) is 43.1 Å². The minimum Gasteiger partial charge on any atom is -0.489 e. The van der Waals surface area contributed by atoms with Gasteiger partial charge in [0, 0.05) is 38.4 Å². The van der Waals surface area contributed by atoms with Crippen LogP contribution in [0, 0.1) is 0 Å². The van der Waals surface area contributed by atoms with Crippen LogP contribution in [-0.4, -0.2) is 32.8 Å². The normalized spacial score (nSPS) is 14.1. The molecule has 0 spiro atoms. The molecule has 1 rings (SSSR count). The van der Waals surface area contributed by atoms with E-state index < -0.39 is 0 Å². The lowest BCUT2D eigenvalue weighted by Crippen LogP contribution is -2.34. The van der Waals surface area contributed by atoms with E-state index in [1.165, 1.54) is 0 Å². The molecule has 3 heteroatoms. The number of nitrogens with zero attached hydrogens (tertiary/aromatic N) is 1. The van der Waals surface area contributed by atoms with Gasteiger partial charge in [-0.25, -0.2) is 0 Å². The quantitative estimate of drug-likeness (QED) is 0.805. The summed E-state index contributed by atoms with van der Waals surface area (Å²) >= 11 is 0. The molecule has 0 fully saturated rings. The van der Waals surface area contributed by atoms with E-state index in [0.717, 1.165) is 24.4 Å². The summed E-state index contributed by atoms with van der Waals surface area (Å²) in [7, 11) is 4.07. The minimum absolute atomic E-state index is 0.177. The number of rotatable bonds is 7. The number of hydrogen-bond acceptors (Lipinski definition) is 3. The first kappa shape index (κ1) is 14.8. The second-order valence-electron chi connectivity index (χ2n) is 5.04. The van der Waals surface area contributed by atoms with Crippen LogP contribution in [0.2, 0.25) is 0 Å². The Hall–Kier alpha value is -1.22. The smallest absolute Gasteiger partial charge is 0.121 e. The standard InChI is InChI=1S/C15H26N2O/c1-6-12(2)16-11-13(3)18-15-9-7-8-14(10-15)17(4)5/h7-10,12-13,16H,6,11H2,1-5H3. The molecule has 1 N–H and O–H groups in total. The highest BCUT2D eigenvalue weighted by molar-refractivity contribution is 5.49. The van der Waals surface area contributed by atoms with Gasteiger partial charge in [-0.05, 0) is 32.4 Å². The Bertz CT molecular complexity index is 352. The number of hydrogen-bond donors (Lipinski definition) is 1. The molecule has 0 aliphatic heterocycles. The maximum Gasteiger partial charge on any atom is 0.121 e.